The van der Waals surface area contributed by atoms with Gasteiger partial charge in [0, 0.05) is 24.3 Å². The van der Waals surface area contributed by atoms with Gasteiger partial charge >= 0.3 is 6.18 Å². The van der Waals surface area contributed by atoms with Crippen LogP contribution in [0.3, 0.4) is 0 Å². The van der Waals surface area contributed by atoms with Gasteiger partial charge < -0.3 is 14.0 Å². The zero-order valence-electron chi connectivity index (χ0n) is 12.7. The Kier molecular flexibility index (Phi) is 4.75. The highest BCUT2D eigenvalue weighted by molar-refractivity contribution is 5.66. The van der Waals surface area contributed by atoms with Crippen molar-refractivity contribution in [2.75, 3.05) is 19.8 Å². The number of hydrogen-bond acceptors (Lipinski definition) is 3. The van der Waals surface area contributed by atoms with E-state index < -0.39 is 18.5 Å². The predicted octanol–water partition coefficient (Wildman–Crippen LogP) is 3.67. The molecule has 2 heterocycles. The number of ether oxygens (including phenoxy) is 2. The van der Waals surface area contributed by atoms with Crippen molar-refractivity contribution in [2.45, 2.75) is 19.1 Å². The number of alkyl halides is 3. The zero-order chi connectivity index (χ0) is 17.2. The molecule has 0 bridgehead atoms. The molecule has 1 saturated heterocycles. The SMILES string of the molecule is Fc1ccc(OCC2CCOC2)c(-c2cn(CC(F)(F)F)cn2)c1. The quantitative estimate of drug-likeness (QED) is 0.777. The summed E-state index contributed by atoms with van der Waals surface area (Å²) in [6, 6.07) is 3.92. The average Bonchev–Trinajstić information content (AvgIpc) is 3.15. The zero-order valence-corrected chi connectivity index (χ0v) is 12.7. The minimum Gasteiger partial charge on any atom is -0.492 e. The summed E-state index contributed by atoms with van der Waals surface area (Å²) in [7, 11) is 0. The number of halogens is 4. The summed E-state index contributed by atoms with van der Waals surface area (Å²) in [5.74, 6) is 0.137. The molecular formula is C16H16F4N2O2. The normalized spacial score (nSPS) is 18.1. The third-order valence-electron chi connectivity index (χ3n) is 3.71. The molecule has 1 aromatic carbocycles. The number of rotatable bonds is 5. The molecule has 1 atom stereocenters. The van der Waals surface area contributed by atoms with Gasteiger partial charge in [-0.2, -0.15) is 13.2 Å². The van der Waals surface area contributed by atoms with Gasteiger partial charge in [-0.25, -0.2) is 9.37 Å². The first kappa shape index (κ1) is 16.8. The van der Waals surface area contributed by atoms with Crippen LogP contribution < -0.4 is 4.74 Å². The van der Waals surface area contributed by atoms with Gasteiger partial charge in [0.2, 0.25) is 0 Å². The molecule has 1 fully saturated rings. The molecule has 8 heteroatoms. The van der Waals surface area contributed by atoms with Crippen LogP contribution in [-0.4, -0.2) is 35.5 Å². The van der Waals surface area contributed by atoms with Crippen molar-refractivity contribution in [3.05, 3.63) is 36.5 Å². The minimum atomic E-state index is -4.35. The van der Waals surface area contributed by atoms with Crippen molar-refractivity contribution in [2.24, 2.45) is 5.92 Å². The van der Waals surface area contributed by atoms with Crippen molar-refractivity contribution >= 4 is 0 Å². The van der Waals surface area contributed by atoms with Crippen molar-refractivity contribution in [1.82, 2.24) is 9.55 Å². The molecule has 0 N–H and O–H groups in total. The van der Waals surface area contributed by atoms with E-state index in [-0.39, 0.29) is 11.6 Å². The molecule has 1 aliphatic heterocycles. The molecule has 0 amide bonds. The Balaban J connectivity index is 1.79. The summed E-state index contributed by atoms with van der Waals surface area (Å²) in [5, 5.41) is 0. The number of hydrogen-bond donors (Lipinski definition) is 0. The van der Waals surface area contributed by atoms with Gasteiger partial charge in [0.15, 0.2) is 0 Å². The van der Waals surface area contributed by atoms with E-state index in [1.807, 2.05) is 0 Å². The average molecular weight is 344 g/mol. The lowest BCUT2D eigenvalue weighted by molar-refractivity contribution is -0.140. The van der Waals surface area contributed by atoms with Crippen molar-refractivity contribution in [3.63, 3.8) is 0 Å². The summed E-state index contributed by atoms with van der Waals surface area (Å²) in [6.45, 7) is 0.551. The van der Waals surface area contributed by atoms with Crippen LogP contribution in [0.4, 0.5) is 17.6 Å². The van der Waals surface area contributed by atoms with Gasteiger partial charge in [-0.15, -0.1) is 0 Å². The standard InChI is InChI=1S/C16H16F4N2O2/c17-12-1-2-15(24-8-11-3-4-23-7-11)13(5-12)14-6-22(10-21-14)9-16(18,19)20/h1-2,5-6,10-11H,3-4,7-9H2. The lowest BCUT2D eigenvalue weighted by Crippen LogP contribution is -2.16. The smallest absolute Gasteiger partial charge is 0.406 e. The fourth-order valence-corrected chi connectivity index (χ4v) is 2.54. The molecule has 0 aliphatic carbocycles. The lowest BCUT2D eigenvalue weighted by atomic mass is 10.1. The lowest BCUT2D eigenvalue weighted by Gasteiger charge is -2.13. The van der Waals surface area contributed by atoms with E-state index >= 15 is 0 Å². The molecule has 1 aromatic heterocycles. The molecule has 3 rings (SSSR count). The molecule has 4 nitrogen and oxygen atoms in total. The Labute approximate surface area is 136 Å². The summed E-state index contributed by atoms with van der Waals surface area (Å²) < 4.78 is 62.8. The molecular weight excluding hydrogens is 328 g/mol. The van der Waals surface area contributed by atoms with Crippen LogP contribution in [0.15, 0.2) is 30.7 Å². The Bertz CT molecular complexity index is 694. The van der Waals surface area contributed by atoms with Gasteiger partial charge in [-0.1, -0.05) is 0 Å². The Hall–Kier alpha value is -2.09. The van der Waals surface area contributed by atoms with Crippen LogP contribution in [0.25, 0.3) is 11.3 Å². The van der Waals surface area contributed by atoms with Gasteiger partial charge in [-0.3, -0.25) is 0 Å². The molecule has 0 spiro atoms. The summed E-state index contributed by atoms with van der Waals surface area (Å²) in [5.41, 5.74) is 0.561. The second-order valence-corrected chi connectivity index (χ2v) is 5.73. The van der Waals surface area contributed by atoms with Gasteiger partial charge in [0.05, 0.1) is 25.2 Å². The van der Waals surface area contributed by atoms with E-state index in [0.29, 0.717) is 31.1 Å². The first-order chi connectivity index (χ1) is 11.4. The van der Waals surface area contributed by atoms with E-state index in [2.05, 4.69) is 4.98 Å². The maximum absolute atomic E-state index is 13.6. The highest BCUT2D eigenvalue weighted by Crippen LogP contribution is 2.31. The number of imidazole rings is 1. The predicted molar refractivity (Wildman–Crippen MR) is 78.1 cm³/mol. The van der Waals surface area contributed by atoms with Gasteiger partial charge in [0.25, 0.3) is 0 Å². The Morgan fingerprint density at radius 1 is 1.33 bits per heavy atom. The first-order valence-corrected chi connectivity index (χ1v) is 7.50. The molecule has 24 heavy (non-hydrogen) atoms. The third kappa shape index (κ3) is 4.25. The molecule has 1 unspecified atom stereocenters. The first-order valence-electron chi connectivity index (χ1n) is 7.50. The summed E-state index contributed by atoms with van der Waals surface area (Å²) in [6.07, 6.45) is -1.16. The topological polar surface area (TPSA) is 36.3 Å². The van der Waals surface area contributed by atoms with Crippen LogP contribution in [0.2, 0.25) is 0 Å². The maximum atomic E-state index is 13.6. The Morgan fingerprint density at radius 3 is 2.88 bits per heavy atom. The highest BCUT2D eigenvalue weighted by Gasteiger charge is 2.28. The van der Waals surface area contributed by atoms with Crippen molar-refractivity contribution in [1.29, 1.82) is 0 Å². The van der Waals surface area contributed by atoms with Crippen molar-refractivity contribution in [3.8, 4) is 17.0 Å². The summed E-state index contributed by atoms with van der Waals surface area (Å²) in [4.78, 5) is 3.94. The largest absolute Gasteiger partial charge is 0.492 e. The minimum absolute atomic E-state index is 0.233. The second-order valence-electron chi connectivity index (χ2n) is 5.73. The maximum Gasteiger partial charge on any atom is 0.406 e. The molecule has 0 saturated carbocycles. The van der Waals surface area contributed by atoms with Gasteiger partial charge in [-0.05, 0) is 24.6 Å². The fraction of sp³-hybridized carbons (Fsp3) is 0.438. The summed E-state index contributed by atoms with van der Waals surface area (Å²) >= 11 is 0. The van der Waals surface area contributed by atoms with E-state index in [0.717, 1.165) is 17.3 Å². The van der Waals surface area contributed by atoms with Crippen molar-refractivity contribution < 1.29 is 27.0 Å². The monoisotopic (exact) mass is 344 g/mol. The number of benzene rings is 1. The highest BCUT2D eigenvalue weighted by atomic mass is 19.4. The fourth-order valence-electron chi connectivity index (χ4n) is 2.54. The molecule has 1 aliphatic rings. The van der Waals surface area contributed by atoms with E-state index in [9.17, 15) is 17.6 Å². The van der Waals surface area contributed by atoms with Crippen LogP contribution in [0, 0.1) is 11.7 Å². The number of aromatic nitrogens is 2. The van der Waals surface area contributed by atoms with Crippen LogP contribution in [-0.2, 0) is 11.3 Å². The molecule has 0 radical (unpaired) electrons. The van der Waals surface area contributed by atoms with E-state index in [4.69, 9.17) is 9.47 Å². The Morgan fingerprint density at radius 2 is 2.17 bits per heavy atom. The molecule has 130 valence electrons. The van der Waals surface area contributed by atoms with Crippen LogP contribution in [0.1, 0.15) is 6.42 Å². The van der Waals surface area contributed by atoms with Gasteiger partial charge in [0.1, 0.15) is 18.1 Å². The van der Waals surface area contributed by atoms with Crippen LogP contribution >= 0.6 is 0 Å². The second kappa shape index (κ2) is 6.80. The van der Waals surface area contributed by atoms with E-state index in [1.54, 1.807) is 0 Å². The van der Waals surface area contributed by atoms with Crippen LogP contribution in [0.5, 0.6) is 5.75 Å². The third-order valence-corrected chi connectivity index (χ3v) is 3.71. The number of nitrogens with zero attached hydrogens (tertiary/aromatic N) is 2. The molecule has 2 aromatic rings. The van der Waals surface area contributed by atoms with E-state index in [1.165, 1.54) is 24.4 Å².